The summed E-state index contributed by atoms with van der Waals surface area (Å²) in [5.74, 6) is 1.86. The molecule has 0 aromatic carbocycles. The zero-order valence-electron chi connectivity index (χ0n) is 11.2. The standard InChI is InChI=1S/C15H24N2O/c1-2-11-5-7-12(8-6-11)14(18)10-13-4-3-9-17-15(13)16/h3-4,9,11-12,14,18H,2,5-8,10H2,1H3,(H2,16,17). The minimum absolute atomic E-state index is 0.269. The van der Waals surface area contributed by atoms with Gasteiger partial charge in [-0.15, -0.1) is 0 Å². The smallest absolute Gasteiger partial charge is 0.126 e. The molecule has 0 spiro atoms. The lowest BCUT2D eigenvalue weighted by Crippen LogP contribution is -2.27. The Hall–Kier alpha value is -1.09. The first kappa shape index (κ1) is 13.3. The second-order valence-electron chi connectivity index (χ2n) is 5.51. The third-order valence-electron chi connectivity index (χ3n) is 4.37. The molecule has 1 fully saturated rings. The van der Waals surface area contributed by atoms with Crippen molar-refractivity contribution in [2.75, 3.05) is 5.73 Å². The lowest BCUT2D eigenvalue weighted by atomic mass is 9.77. The van der Waals surface area contributed by atoms with E-state index in [-0.39, 0.29) is 6.10 Å². The van der Waals surface area contributed by atoms with E-state index in [1.54, 1.807) is 6.20 Å². The number of aromatic nitrogens is 1. The lowest BCUT2D eigenvalue weighted by Gasteiger charge is -2.31. The molecular formula is C15H24N2O. The van der Waals surface area contributed by atoms with E-state index in [1.165, 1.54) is 19.3 Å². The fourth-order valence-corrected chi connectivity index (χ4v) is 3.00. The number of hydrogen-bond donors (Lipinski definition) is 2. The van der Waals surface area contributed by atoms with E-state index in [0.717, 1.165) is 24.3 Å². The Morgan fingerprint density at radius 3 is 2.72 bits per heavy atom. The van der Waals surface area contributed by atoms with Crippen LogP contribution in [0.2, 0.25) is 0 Å². The molecule has 1 atom stereocenters. The second kappa shape index (κ2) is 6.19. The van der Waals surface area contributed by atoms with E-state index in [4.69, 9.17) is 5.73 Å². The van der Waals surface area contributed by atoms with Gasteiger partial charge in [0.1, 0.15) is 5.82 Å². The van der Waals surface area contributed by atoms with Crippen LogP contribution in [0.1, 0.15) is 44.6 Å². The summed E-state index contributed by atoms with van der Waals surface area (Å²) in [5.41, 5.74) is 6.79. The highest BCUT2D eigenvalue weighted by Gasteiger charge is 2.26. The van der Waals surface area contributed by atoms with Gasteiger partial charge in [0.05, 0.1) is 6.10 Å². The summed E-state index contributed by atoms with van der Waals surface area (Å²) in [6.07, 6.45) is 8.17. The number of nitrogen functional groups attached to an aromatic ring is 1. The van der Waals surface area contributed by atoms with Crippen molar-refractivity contribution in [3.8, 4) is 0 Å². The van der Waals surface area contributed by atoms with E-state index >= 15 is 0 Å². The van der Waals surface area contributed by atoms with Gasteiger partial charge in [-0.25, -0.2) is 4.98 Å². The van der Waals surface area contributed by atoms with E-state index < -0.39 is 0 Å². The van der Waals surface area contributed by atoms with E-state index in [2.05, 4.69) is 11.9 Å². The number of pyridine rings is 1. The molecule has 18 heavy (non-hydrogen) atoms. The summed E-state index contributed by atoms with van der Waals surface area (Å²) in [5, 5.41) is 10.3. The van der Waals surface area contributed by atoms with Crippen molar-refractivity contribution in [1.29, 1.82) is 0 Å². The molecule has 0 aliphatic heterocycles. The van der Waals surface area contributed by atoms with Crippen molar-refractivity contribution in [2.24, 2.45) is 11.8 Å². The molecule has 0 radical (unpaired) electrons. The molecule has 0 saturated heterocycles. The van der Waals surface area contributed by atoms with Crippen molar-refractivity contribution >= 4 is 5.82 Å². The number of nitrogens with zero attached hydrogens (tertiary/aromatic N) is 1. The maximum absolute atomic E-state index is 10.3. The van der Waals surface area contributed by atoms with Crippen LogP contribution in [-0.4, -0.2) is 16.2 Å². The molecule has 0 bridgehead atoms. The Bertz CT molecular complexity index is 373. The Balaban J connectivity index is 1.89. The first-order valence-corrected chi connectivity index (χ1v) is 7.08. The van der Waals surface area contributed by atoms with Crippen LogP contribution in [0.5, 0.6) is 0 Å². The molecule has 1 heterocycles. The van der Waals surface area contributed by atoms with Crippen molar-refractivity contribution in [3.63, 3.8) is 0 Å². The monoisotopic (exact) mass is 248 g/mol. The molecule has 1 aliphatic carbocycles. The summed E-state index contributed by atoms with van der Waals surface area (Å²) in [6, 6.07) is 3.84. The molecule has 3 heteroatoms. The van der Waals surface area contributed by atoms with Crippen LogP contribution >= 0.6 is 0 Å². The number of aliphatic hydroxyl groups is 1. The lowest BCUT2D eigenvalue weighted by molar-refractivity contribution is 0.0736. The maximum Gasteiger partial charge on any atom is 0.126 e. The van der Waals surface area contributed by atoms with E-state index in [0.29, 0.717) is 18.2 Å². The Labute approximate surface area is 109 Å². The van der Waals surface area contributed by atoms with Crippen LogP contribution in [0.25, 0.3) is 0 Å². The van der Waals surface area contributed by atoms with Crippen molar-refractivity contribution in [2.45, 2.75) is 51.6 Å². The number of rotatable bonds is 4. The summed E-state index contributed by atoms with van der Waals surface area (Å²) < 4.78 is 0. The van der Waals surface area contributed by atoms with Crippen molar-refractivity contribution in [3.05, 3.63) is 23.9 Å². The Kier molecular flexibility index (Phi) is 4.59. The summed E-state index contributed by atoms with van der Waals surface area (Å²) in [4.78, 5) is 4.07. The van der Waals surface area contributed by atoms with Crippen LogP contribution in [0, 0.1) is 11.8 Å². The molecule has 1 aromatic rings. The van der Waals surface area contributed by atoms with E-state index in [9.17, 15) is 5.11 Å². The third-order valence-corrected chi connectivity index (χ3v) is 4.37. The van der Waals surface area contributed by atoms with Gasteiger partial charge in [-0.05, 0) is 36.3 Å². The van der Waals surface area contributed by atoms with Gasteiger partial charge in [0.2, 0.25) is 0 Å². The Morgan fingerprint density at radius 1 is 1.39 bits per heavy atom. The predicted molar refractivity (Wildman–Crippen MR) is 74.1 cm³/mol. The van der Waals surface area contributed by atoms with Gasteiger partial charge in [-0.1, -0.05) is 32.3 Å². The van der Waals surface area contributed by atoms with Crippen LogP contribution in [0.4, 0.5) is 5.82 Å². The van der Waals surface area contributed by atoms with Gasteiger partial charge in [0, 0.05) is 12.6 Å². The summed E-state index contributed by atoms with van der Waals surface area (Å²) in [7, 11) is 0. The van der Waals surface area contributed by atoms with Crippen molar-refractivity contribution in [1.82, 2.24) is 4.98 Å². The van der Waals surface area contributed by atoms with Gasteiger partial charge >= 0.3 is 0 Å². The molecule has 0 amide bonds. The van der Waals surface area contributed by atoms with Crippen LogP contribution in [0.3, 0.4) is 0 Å². The van der Waals surface area contributed by atoms with Gasteiger partial charge in [-0.3, -0.25) is 0 Å². The summed E-state index contributed by atoms with van der Waals surface area (Å²) in [6.45, 7) is 2.26. The molecule has 1 saturated carbocycles. The molecule has 1 aliphatic rings. The largest absolute Gasteiger partial charge is 0.392 e. The highest BCUT2D eigenvalue weighted by Crippen LogP contribution is 2.33. The third kappa shape index (κ3) is 3.22. The Morgan fingerprint density at radius 2 is 2.11 bits per heavy atom. The fraction of sp³-hybridized carbons (Fsp3) is 0.667. The minimum atomic E-state index is -0.269. The topological polar surface area (TPSA) is 59.1 Å². The highest BCUT2D eigenvalue weighted by atomic mass is 16.3. The molecule has 1 aromatic heterocycles. The number of anilines is 1. The normalized spacial score (nSPS) is 25.9. The predicted octanol–water partition coefficient (Wildman–Crippen LogP) is 2.78. The molecule has 3 N–H and O–H groups in total. The maximum atomic E-state index is 10.3. The number of aliphatic hydroxyl groups excluding tert-OH is 1. The first-order chi connectivity index (χ1) is 8.70. The average Bonchev–Trinajstić information content (AvgIpc) is 2.41. The van der Waals surface area contributed by atoms with Crippen LogP contribution in [-0.2, 0) is 6.42 Å². The zero-order chi connectivity index (χ0) is 13.0. The number of hydrogen-bond acceptors (Lipinski definition) is 3. The quantitative estimate of drug-likeness (QED) is 0.861. The average molecular weight is 248 g/mol. The first-order valence-electron chi connectivity index (χ1n) is 7.08. The van der Waals surface area contributed by atoms with Crippen molar-refractivity contribution < 1.29 is 5.11 Å². The van der Waals surface area contributed by atoms with Gasteiger partial charge in [0.15, 0.2) is 0 Å². The molecular weight excluding hydrogens is 224 g/mol. The van der Waals surface area contributed by atoms with Gasteiger partial charge < -0.3 is 10.8 Å². The molecule has 1 unspecified atom stereocenters. The SMILES string of the molecule is CCC1CCC(C(O)Cc2cccnc2N)CC1. The van der Waals surface area contributed by atoms with Crippen LogP contribution < -0.4 is 5.73 Å². The minimum Gasteiger partial charge on any atom is -0.392 e. The second-order valence-corrected chi connectivity index (χ2v) is 5.51. The zero-order valence-corrected chi connectivity index (χ0v) is 11.2. The van der Waals surface area contributed by atoms with Gasteiger partial charge in [-0.2, -0.15) is 0 Å². The van der Waals surface area contributed by atoms with E-state index in [1.807, 2.05) is 12.1 Å². The molecule has 2 rings (SSSR count). The number of nitrogens with two attached hydrogens (primary N) is 1. The summed E-state index contributed by atoms with van der Waals surface area (Å²) >= 11 is 0. The highest BCUT2D eigenvalue weighted by molar-refractivity contribution is 5.38. The molecule has 3 nitrogen and oxygen atoms in total. The fourth-order valence-electron chi connectivity index (χ4n) is 3.00. The van der Waals surface area contributed by atoms with Crippen LogP contribution in [0.15, 0.2) is 18.3 Å². The molecule has 100 valence electrons. The van der Waals surface area contributed by atoms with Gasteiger partial charge in [0.25, 0.3) is 0 Å².